The lowest BCUT2D eigenvalue weighted by Crippen LogP contribution is -2.76. The van der Waals surface area contributed by atoms with Crippen LogP contribution in [0.15, 0.2) is 5.38 Å². The third-order valence-corrected chi connectivity index (χ3v) is 7.03. The Morgan fingerprint density at radius 3 is 2.88 bits per heavy atom. The SMILES string of the molecule is CCOC1CC(N)(C(=O)N2CCCC(c3nc(C)cs3)C2)C1(C)C. The van der Waals surface area contributed by atoms with Gasteiger partial charge in [0.2, 0.25) is 5.91 Å². The molecule has 3 unspecified atom stereocenters. The zero-order valence-electron chi connectivity index (χ0n) is 15.2. The molecule has 6 heteroatoms. The van der Waals surface area contributed by atoms with Crippen LogP contribution in [0.4, 0.5) is 0 Å². The number of hydrogen-bond acceptors (Lipinski definition) is 5. The third kappa shape index (κ3) is 2.78. The zero-order valence-corrected chi connectivity index (χ0v) is 16.0. The number of likely N-dealkylation sites (tertiary alicyclic amines) is 1. The largest absolute Gasteiger partial charge is 0.378 e. The van der Waals surface area contributed by atoms with E-state index in [2.05, 4.69) is 24.2 Å². The van der Waals surface area contributed by atoms with E-state index in [0.717, 1.165) is 36.6 Å². The normalized spacial score (nSPS) is 32.5. The van der Waals surface area contributed by atoms with Crippen LogP contribution < -0.4 is 5.73 Å². The highest BCUT2D eigenvalue weighted by Gasteiger charge is 2.63. The number of amides is 1. The lowest BCUT2D eigenvalue weighted by molar-refractivity contribution is -0.180. The van der Waals surface area contributed by atoms with Crippen molar-refractivity contribution in [3.8, 4) is 0 Å². The molecular formula is C18H29N3O2S. The summed E-state index contributed by atoms with van der Waals surface area (Å²) in [5.74, 6) is 0.428. The Morgan fingerprint density at radius 2 is 2.29 bits per heavy atom. The summed E-state index contributed by atoms with van der Waals surface area (Å²) in [6, 6.07) is 0. The first-order chi connectivity index (χ1) is 11.3. The minimum Gasteiger partial charge on any atom is -0.378 e. The van der Waals surface area contributed by atoms with Gasteiger partial charge in [-0.05, 0) is 26.7 Å². The third-order valence-electron chi connectivity index (χ3n) is 5.91. The lowest BCUT2D eigenvalue weighted by atomic mass is 9.54. The van der Waals surface area contributed by atoms with Crippen molar-refractivity contribution in [1.82, 2.24) is 9.88 Å². The maximum absolute atomic E-state index is 13.2. The van der Waals surface area contributed by atoms with Gasteiger partial charge >= 0.3 is 0 Å². The van der Waals surface area contributed by atoms with Crippen LogP contribution in [0.5, 0.6) is 0 Å². The molecule has 1 aromatic rings. The van der Waals surface area contributed by atoms with Gasteiger partial charge in [-0.2, -0.15) is 0 Å². The number of aromatic nitrogens is 1. The van der Waals surface area contributed by atoms with Gasteiger partial charge in [0.15, 0.2) is 0 Å². The molecule has 0 radical (unpaired) electrons. The summed E-state index contributed by atoms with van der Waals surface area (Å²) in [5.41, 5.74) is 6.50. The number of thiazole rings is 1. The average Bonchev–Trinajstić information content (AvgIpc) is 3.00. The molecule has 0 bridgehead atoms. The zero-order chi connectivity index (χ0) is 17.5. The molecule has 1 aliphatic heterocycles. The minimum absolute atomic E-state index is 0.0682. The molecule has 0 aromatic carbocycles. The van der Waals surface area contributed by atoms with Crippen molar-refractivity contribution >= 4 is 17.2 Å². The molecule has 24 heavy (non-hydrogen) atoms. The van der Waals surface area contributed by atoms with Gasteiger partial charge in [-0.1, -0.05) is 13.8 Å². The molecule has 1 aromatic heterocycles. The summed E-state index contributed by atoms with van der Waals surface area (Å²) in [7, 11) is 0. The molecule has 5 nitrogen and oxygen atoms in total. The summed E-state index contributed by atoms with van der Waals surface area (Å²) >= 11 is 1.70. The molecule has 2 aliphatic rings. The molecule has 3 rings (SSSR count). The van der Waals surface area contributed by atoms with E-state index in [0.29, 0.717) is 18.9 Å². The molecule has 0 spiro atoms. The maximum atomic E-state index is 13.2. The van der Waals surface area contributed by atoms with Crippen molar-refractivity contribution in [1.29, 1.82) is 0 Å². The molecular weight excluding hydrogens is 322 g/mol. The number of nitrogens with zero attached hydrogens (tertiary/aromatic N) is 2. The standard InChI is InChI=1S/C18H29N3O2S/c1-5-23-14-9-18(19,17(14,3)4)16(22)21-8-6-7-13(10-21)15-20-12(2)11-24-15/h11,13-14H,5-10,19H2,1-4H3. The summed E-state index contributed by atoms with van der Waals surface area (Å²) in [4.78, 5) is 19.8. The quantitative estimate of drug-likeness (QED) is 0.905. The maximum Gasteiger partial charge on any atom is 0.243 e. The summed E-state index contributed by atoms with van der Waals surface area (Å²) in [5, 5.41) is 3.23. The molecule has 1 amide bonds. The highest BCUT2D eigenvalue weighted by atomic mass is 32.1. The van der Waals surface area contributed by atoms with E-state index in [9.17, 15) is 4.79 Å². The van der Waals surface area contributed by atoms with Gasteiger partial charge in [-0.25, -0.2) is 4.98 Å². The summed E-state index contributed by atoms with van der Waals surface area (Å²) < 4.78 is 5.76. The second kappa shape index (κ2) is 6.39. The van der Waals surface area contributed by atoms with Crippen molar-refractivity contribution in [2.45, 2.75) is 64.5 Å². The second-order valence-electron chi connectivity index (χ2n) is 7.76. The molecule has 1 saturated heterocycles. The van der Waals surface area contributed by atoms with E-state index in [-0.39, 0.29) is 17.4 Å². The van der Waals surface area contributed by atoms with Crippen LogP contribution >= 0.6 is 11.3 Å². The second-order valence-corrected chi connectivity index (χ2v) is 8.65. The van der Waals surface area contributed by atoms with Crippen molar-refractivity contribution in [3.63, 3.8) is 0 Å². The smallest absolute Gasteiger partial charge is 0.243 e. The Labute approximate surface area is 148 Å². The van der Waals surface area contributed by atoms with Gasteiger partial charge in [0.25, 0.3) is 0 Å². The van der Waals surface area contributed by atoms with Crippen molar-refractivity contribution < 1.29 is 9.53 Å². The Balaban J connectivity index is 1.71. The number of hydrogen-bond donors (Lipinski definition) is 1. The lowest BCUT2D eigenvalue weighted by Gasteiger charge is -2.59. The highest BCUT2D eigenvalue weighted by molar-refractivity contribution is 7.09. The minimum atomic E-state index is -0.812. The van der Waals surface area contributed by atoms with Crippen LogP contribution in [-0.2, 0) is 9.53 Å². The molecule has 1 aliphatic carbocycles. The van der Waals surface area contributed by atoms with Gasteiger partial charge in [-0.15, -0.1) is 11.3 Å². The van der Waals surface area contributed by atoms with Crippen LogP contribution in [0.25, 0.3) is 0 Å². The predicted octanol–water partition coefficient (Wildman–Crippen LogP) is 2.69. The van der Waals surface area contributed by atoms with Crippen LogP contribution in [0, 0.1) is 12.3 Å². The van der Waals surface area contributed by atoms with Crippen LogP contribution in [0.1, 0.15) is 56.7 Å². The number of aryl methyl sites for hydroxylation is 1. The van der Waals surface area contributed by atoms with Crippen molar-refractivity contribution in [3.05, 3.63) is 16.1 Å². The summed E-state index contributed by atoms with van der Waals surface area (Å²) in [6.45, 7) is 10.3. The fourth-order valence-electron chi connectivity index (χ4n) is 4.00. The van der Waals surface area contributed by atoms with Crippen LogP contribution in [0.2, 0.25) is 0 Å². The number of piperidine rings is 1. The molecule has 2 fully saturated rings. The Hall–Kier alpha value is -0.980. The van der Waals surface area contributed by atoms with E-state index < -0.39 is 5.54 Å². The van der Waals surface area contributed by atoms with E-state index >= 15 is 0 Å². The first-order valence-electron chi connectivity index (χ1n) is 8.91. The number of carbonyl (C=O) groups is 1. The predicted molar refractivity (Wildman–Crippen MR) is 96.1 cm³/mol. The number of ether oxygens (including phenoxy) is 1. The fourth-order valence-corrected chi connectivity index (χ4v) is 4.93. The van der Waals surface area contributed by atoms with E-state index in [1.807, 2.05) is 18.7 Å². The first kappa shape index (κ1) is 17.8. The van der Waals surface area contributed by atoms with Gasteiger partial charge in [-0.3, -0.25) is 4.79 Å². The van der Waals surface area contributed by atoms with E-state index in [1.54, 1.807) is 11.3 Å². The molecule has 2 N–H and O–H groups in total. The van der Waals surface area contributed by atoms with Crippen molar-refractivity contribution in [2.75, 3.05) is 19.7 Å². The van der Waals surface area contributed by atoms with E-state index in [1.165, 1.54) is 0 Å². The topological polar surface area (TPSA) is 68.5 Å². The number of carbonyl (C=O) groups excluding carboxylic acids is 1. The van der Waals surface area contributed by atoms with Gasteiger partial charge in [0.05, 0.1) is 11.1 Å². The Kier molecular flexibility index (Phi) is 4.75. The number of nitrogens with two attached hydrogens (primary N) is 1. The van der Waals surface area contributed by atoms with Crippen molar-refractivity contribution in [2.24, 2.45) is 11.1 Å². The Morgan fingerprint density at radius 1 is 1.54 bits per heavy atom. The molecule has 134 valence electrons. The summed E-state index contributed by atoms with van der Waals surface area (Å²) in [6.07, 6.45) is 2.79. The average molecular weight is 352 g/mol. The monoisotopic (exact) mass is 351 g/mol. The van der Waals surface area contributed by atoms with Gasteiger partial charge in [0.1, 0.15) is 5.54 Å². The number of rotatable bonds is 4. The first-order valence-corrected chi connectivity index (χ1v) is 9.79. The molecule has 1 saturated carbocycles. The van der Waals surface area contributed by atoms with Gasteiger partial charge in [0, 0.05) is 48.5 Å². The Bertz CT molecular complexity index is 615. The molecule has 3 atom stereocenters. The van der Waals surface area contributed by atoms with Gasteiger partial charge < -0.3 is 15.4 Å². The van der Waals surface area contributed by atoms with Crippen LogP contribution in [-0.4, -0.2) is 47.1 Å². The van der Waals surface area contributed by atoms with E-state index in [4.69, 9.17) is 10.5 Å². The van der Waals surface area contributed by atoms with Crippen LogP contribution in [0.3, 0.4) is 0 Å². The molecule has 2 heterocycles. The highest BCUT2D eigenvalue weighted by Crippen LogP contribution is 2.51. The fraction of sp³-hybridized carbons (Fsp3) is 0.778.